The summed E-state index contributed by atoms with van der Waals surface area (Å²) < 4.78 is 39.9. The van der Waals surface area contributed by atoms with Crippen LogP contribution in [0.15, 0.2) is 21.5 Å². The standard InChI is InChI=1S/C12H18BrFN2O2S/c1-2-3-4-5-6-16-19(17,18)12-8-11(15)10(14)7-9(12)13/h7-8,16H,2-6,15H2,1H3. The molecule has 0 saturated heterocycles. The van der Waals surface area contributed by atoms with Crippen molar-refractivity contribution in [1.82, 2.24) is 4.72 Å². The SMILES string of the molecule is CCCCCCNS(=O)(=O)c1cc(N)c(F)cc1Br. The second-order valence-electron chi connectivity index (χ2n) is 4.26. The largest absolute Gasteiger partial charge is 0.396 e. The predicted octanol–water partition coefficient (Wildman–Crippen LogP) is 3.03. The van der Waals surface area contributed by atoms with Crippen molar-refractivity contribution >= 4 is 31.6 Å². The highest BCUT2D eigenvalue weighted by atomic mass is 79.9. The van der Waals surface area contributed by atoms with Crippen LogP contribution >= 0.6 is 15.9 Å². The summed E-state index contributed by atoms with van der Waals surface area (Å²) in [6.07, 6.45) is 3.93. The quantitative estimate of drug-likeness (QED) is 0.585. The maximum Gasteiger partial charge on any atom is 0.241 e. The minimum absolute atomic E-state index is 0.0399. The van der Waals surface area contributed by atoms with Crippen molar-refractivity contribution in [2.45, 2.75) is 37.5 Å². The molecule has 19 heavy (non-hydrogen) atoms. The molecule has 0 aliphatic heterocycles. The molecule has 0 radical (unpaired) electrons. The molecule has 1 aromatic rings. The van der Waals surface area contributed by atoms with E-state index >= 15 is 0 Å². The summed E-state index contributed by atoms with van der Waals surface area (Å²) in [5.41, 5.74) is 5.21. The number of sulfonamides is 1. The zero-order chi connectivity index (χ0) is 14.5. The van der Waals surface area contributed by atoms with E-state index < -0.39 is 15.8 Å². The minimum Gasteiger partial charge on any atom is -0.396 e. The Balaban J connectivity index is 2.75. The van der Waals surface area contributed by atoms with E-state index in [9.17, 15) is 12.8 Å². The van der Waals surface area contributed by atoms with Crippen molar-refractivity contribution in [3.05, 3.63) is 22.4 Å². The average Bonchev–Trinajstić information content (AvgIpc) is 2.33. The molecule has 0 bridgehead atoms. The molecule has 1 aromatic carbocycles. The first-order chi connectivity index (χ1) is 8.88. The third-order valence-corrected chi connectivity index (χ3v) is 5.08. The Morgan fingerprint density at radius 2 is 2.00 bits per heavy atom. The molecule has 0 atom stereocenters. The number of halogens is 2. The van der Waals surface area contributed by atoms with Gasteiger partial charge in [0, 0.05) is 11.0 Å². The Labute approximate surface area is 121 Å². The summed E-state index contributed by atoms with van der Waals surface area (Å²) in [5, 5.41) is 0. The highest BCUT2D eigenvalue weighted by molar-refractivity contribution is 9.10. The van der Waals surface area contributed by atoms with Gasteiger partial charge in [-0.2, -0.15) is 0 Å². The fourth-order valence-electron chi connectivity index (χ4n) is 1.59. The molecule has 0 amide bonds. The Bertz CT molecular complexity index is 535. The van der Waals surface area contributed by atoms with Crippen LogP contribution in [0.5, 0.6) is 0 Å². The van der Waals surface area contributed by atoms with Gasteiger partial charge in [0.15, 0.2) is 0 Å². The van der Waals surface area contributed by atoms with Crippen LogP contribution in [0.2, 0.25) is 0 Å². The lowest BCUT2D eigenvalue weighted by Crippen LogP contribution is -2.25. The molecule has 7 heteroatoms. The van der Waals surface area contributed by atoms with Crippen LogP contribution in [0.1, 0.15) is 32.6 Å². The van der Waals surface area contributed by atoms with Crippen molar-refractivity contribution < 1.29 is 12.8 Å². The Hall–Kier alpha value is -0.660. The van der Waals surface area contributed by atoms with Crippen molar-refractivity contribution in [2.75, 3.05) is 12.3 Å². The summed E-state index contributed by atoms with van der Waals surface area (Å²) in [6.45, 7) is 2.45. The van der Waals surface area contributed by atoms with Gasteiger partial charge in [-0.05, 0) is 34.5 Å². The van der Waals surface area contributed by atoms with Gasteiger partial charge in [-0.15, -0.1) is 0 Å². The zero-order valence-corrected chi connectivity index (χ0v) is 13.2. The van der Waals surface area contributed by atoms with Crippen LogP contribution in [-0.4, -0.2) is 15.0 Å². The van der Waals surface area contributed by atoms with Gasteiger partial charge in [-0.3, -0.25) is 0 Å². The van der Waals surface area contributed by atoms with Crippen LogP contribution in [0.25, 0.3) is 0 Å². The minimum atomic E-state index is -3.66. The maximum atomic E-state index is 13.2. The van der Waals surface area contributed by atoms with Crippen molar-refractivity contribution in [3.63, 3.8) is 0 Å². The highest BCUT2D eigenvalue weighted by Crippen LogP contribution is 2.26. The summed E-state index contributed by atoms with van der Waals surface area (Å²) >= 11 is 3.04. The molecule has 0 aromatic heterocycles. The van der Waals surface area contributed by atoms with Gasteiger partial charge in [0.05, 0.1) is 10.6 Å². The van der Waals surface area contributed by atoms with E-state index in [1.54, 1.807) is 0 Å². The summed E-state index contributed by atoms with van der Waals surface area (Å²) in [4.78, 5) is -0.0399. The molecule has 3 N–H and O–H groups in total. The normalized spacial score (nSPS) is 11.7. The summed E-state index contributed by atoms with van der Waals surface area (Å²) in [6, 6.07) is 2.18. The van der Waals surface area contributed by atoms with E-state index in [2.05, 4.69) is 27.6 Å². The third-order valence-electron chi connectivity index (χ3n) is 2.66. The van der Waals surface area contributed by atoms with Crippen LogP contribution in [-0.2, 0) is 10.0 Å². The predicted molar refractivity (Wildman–Crippen MR) is 77.8 cm³/mol. The lowest BCUT2D eigenvalue weighted by atomic mass is 10.2. The lowest BCUT2D eigenvalue weighted by Gasteiger charge is -2.09. The number of nitrogen functional groups attached to an aromatic ring is 1. The average molecular weight is 353 g/mol. The molecular weight excluding hydrogens is 335 g/mol. The second-order valence-corrected chi connectivity index (χ2v) is 6.85. The molecule has 0 saturated carbocycles. The van der Waals surface area contributed by atoms with Gasteiger partial charge in [0.25, 0.3) is 0 Å². The van der Waals surface area contributed by atoms with E-state index in [4.69, 9.17) is 5.73 Å². The van der Waals surface area contributed by atoms with E-state index in [0.29, 0.717) is 6.54 Å². The van der Waals surface area contributed by atoms with E-state index in [1.165, 1.54) is 0 Å². The maximum absolute atomic E-state index is 13.2. The van der Waals surface area contributed by atoms with E-state index in [1.807, 2.05) is 0 Å². The molecular formula is C12H18BrFN2O2S. The molecule has 0 aliphatic rings. The first kappa shape index (κ1) is 16.4. The number of rotatable bonds is 7. The van der Waals surface area contributed by atoms with Gasteiger partial charge < -0.3 is 5.73 Å². The number of benzene rings is 1. The van der Waals surface area contributed by atoms with Crippen LogP contribution < -0.4 is 10.5 Å². The Kier molecular flexibility index (Phi) is 6.22. The molecule has 0 heterocycles. The lowest BCUT2D eigenvalue weighted by molar-refractivity contribution is 0.572. The number of anilines is 1. The van der Waals surface area contributed by atoms with Gasteiger partial charge in [-0.25, -0.2) is 17.5 Å². The zero-order valence-electron chi connectivity index (χ0n) is 10.7. The summed E-state index contributed by atoms with van der Waals surface area (Å²) in [5.74, 6) is -0.645. The van der Waals surface area contributed by atoms with Crippen LogP contribution in [0, 0.1) is 5.82 Å². The topological polar surface area (TPSA) is 72.2 Å². The Morgan fingerprint density at radius 3 is 2.63 bits per heavy atom. The molecule has 0 fully saturated rings. The van der Waals surface area contributed by atoms with Crippen molar-refractivity contribution in [2.24, 2.45) is 0 Å². The fraction of sp³-hybridized carbons (Fsp3) is 0.500. The molecule has 0 aliphatic carbocycles. The molecule has 108 valence electrons. The van der Waals surface area contributed by atoms with E-state index in [0.717, 1.165) is 37.8 Å². The Morgan fingerprint density at radius 1 is 1.32 bits per heavy atom. The molecule has 0 unspecified atom stereocenters. The van der Waals surface area contributed by atoms with E-state index in [-0.39, 0.29) is 15.1 Å². The van der Waals surface area contributed by atoms with Crippen molar-refractivity contribution in [1.29, 1.82) is 0 Å². The molecule has 1 rings (SSSR count). The fourth-order valence-corrected chi connectivity index (χ4v) is 3.71. The van der Waals surface area contributed by atoms with Gasteiger partial charge >= 0.3 is 0 Å². The highest BCUT2D eigenvalue weighted by Gasteiger charge is 2.19. The summed E-state index contributed by atoms with van der Waals surface area (Å²) in [7, 11) is -3.66. The number of nitrogens with one attached hydrogen (secondary N) is 1. The number of hydrogen-bond donors (Lipinski definition) is 2. The van der Waals surface area contributed by atoms with Gasteiger partial charge in [0.1, 0.15) is 5.82 Å². The monoisotopic (exact) mass is 352 g/mol. The van der Waals surface area contributed by atoms with Crippen LogP contribution in [0.4, 0.5) is 10.1 Å². The number of unbranched alkanes of at least 4 members (excludes halogenated alkanes) is 3. The molecule has 4 nitrogen and oxygen atoms in total. The van der Waals surface area contributed by atoms with Crippen molar-refractivity contribution in [3.8, 4) is 0 Å². The van der Waals surface area contributed by atoms with Gasteiger partial charge in [0.2, 0.25) is 10.0 Å². The first-order valence-corrected chi connectivity index (χ1v) is 8.40. The van der Waals surface area contributed by atoms with Gasteiger partial charge in [-0.1, -0.05) is 26.2 Å². The first-order valence-electron chi connectivity index (χ1n) is 6.12. The third kappa shape index (κ3) is 4.74. The molecule has 0 spiro atoms. The van der Waals surface area contributed by atoms with Crippen LogP contribution in [0.3, 0.4) is 0 Å². The second kappa shape index (κ2) is 7.21. The number of hydrogen-bond acceptors (Lipinski definition) is 3. The smallest absolute Gasteiger partial charge is 0.241 e. The number of nitrogens with two attached hydrogens (primary N) is 1.